The van der Waals surface area contributed by atoms with E-state index >= 15 is 0 Å². The van der Waals surface area contributed by atoms with Crippen molar-refractivity contribution in [3.05, 3.63) is 28.5 Å². The zero-order chi connectivity index (χ0) is 11.1. The summed E-state index contributed by atoms with van der Waals surface area (Å²) in [5, 5.41) is 9.48. The Balaban J connectivity index is 2.21. The summed E-state index contributed by atoms with van der Waals surface area (Å²) >= 11 is 5.96. The number of aromatic nitrogens is 1. The van der Waals surface area contributed by atoms with Crippen molar-refractivity contribution >= 4 is 17.6 Å². The molecule has 0 radical (unpaired) electrons. The number of rotatable bonds is 3. The molecule has 0 unspecified atom stereocenters. The summed E-state index contributed by atoms with van der Waals surface area (Å²) in [5.41, 5.74) is 1.12. The predicted molar refractivity (Wildman–Crippen MR) is 57.0 cm³/mol. The van der Waals surface area contributed by atoms with Gasteiger partial charge in [-0.05, 0) is 37.8 Å². The zero-order valence-electron chi connectivity index (χ0n) is 8.46. The number of carbonyl (C=O) groups is 1. The van der Waals surface area contributed by atoms with Crippen LogP contribution in [0.2, 0.25) is 5.15 Å². The van der Waals surface area contributed by atoms with E-state index in [1.165, 1.54) is 0 Å². The van der Waals surface area contributed by atoms with Gasteiger partial charge in [0.1, 0.15) is 5.15 Å². The molecule has 0 saturated heterocycles. The van der Waals surface area contributed by atoms with Crippen LogP contribution in [-0.2, 0) is 11.2 Å². The van der Waals surface area contributed by atoms with Gasteiger partial charge in [0.15, 0.2) is 0 Å². The minimum absolute atomic E-state index is 0.433. The molecule has 1 aromatic heterocycles. The summed E-state index contributed by atoms with van der Waals surface area (Å²) in [6.07, 6.45) is 1.98. The number of aryl methyl sites for hydroxylation is 1. The van der Waals surface area contributed by atoms with Gasteiger partial charge in [0.2, 0.25) is 0 Å². The van der Waals surface area contributed by atoms with Gasteiger partial charge < -0.3 is 5.11 Å². The van der Waals surface area contributed by atoms with E-state index in [9.17, 15) is 4.79 Å². The highest BCUT2D eigenvalue weighted by Crippen LogP contribution is 2.49. The number of nitrogens with zero attached hydrogens (tertiary/aromatic N) is 1. The number of hydrogen-bond donors (Lipinski definition) is 1. The van der Waals surface area contributed by atoms with Crippen molar-refractivity contribution in [2.75, 3.05) is 0 Å². The van der Waals surface area contributed by atoms with Crippen LogP contribution < -0.4 is 0 Å². The molecule has 80 valence electrons. The monoisotopic (exact) mass is 225 g/mol. The van der Waals surface area contributed by atoms with Crippen LogP contribution in [0.4, 0.5) is 0 Å². The van der Waals surface area contributed by atoms with Gasteiger partial charge in [-0.2, -0.15) is 0 Å². The molecule has 4 heteroatoms. The van der Waals surface area contributed by atoms with E-state index < -0.39 is 11.4 Å². The van der Waals surface area contributed by atoms with E-state index in [0.717, 1.165) is 24.1 Å². The Kier molecular flexibility index (Phi) is 2.43. The summed E-state index contributed by atoms with van der Waals surface area (Å²) in [4.78, 5) is 15.1. The van der Waals surface area contributed by atoms with Crippen LogP contribution in [0, 0.1) is 12.3 Å². The minimum Gasteiger partial charge on any atom is -0.481 e. The molecular weight excluding hydrogens is 214 g/mol. The number of pyridine rings is 1. The van der Waals surface area contributed by atoms with Crippen LogP contribution >= 0.6 is 11.6 Å². The fraction of sp³-hybridized carbons (Fsp3) is 0.455. The third kappa shape index (κ3) is 1.97. The van der Waals surface area contributed by atoms with Crippen molar-refractivity contribution in [2.24, 2.45) is 5.41 Å². The fourth-order valence-electron chi connectivity index (χ4n) is 1.67. The Morgan fingerprint density at radius 1 is 1.60 bits per heavy atom. The first-order valence-electron chi connectivity index (χ1n) is 4.89. The first-order valence-corrected chi connectivity index (χ1v) is 5.27. The normalized spacial score (nSPS) is 17.5. The van der Waals surface area contributed by atoms with Crippen LogP contribution in [0.3, 0.4) is 0 Å². The standard InChI is InChI=1S/C11H12ClNO2/c1-7-2-3-8(9(12)13-7)6-11(4-5-11)10(14)15/h2-3H,4-6H2,1H3,(H,14,15). The first-order chi connectivity index (χ1) is 7.03. The molecule has 0 aromatic carbocycles. The maximum atomic E-state index is 11.0. The smallest absolute Gasteiger partial charge is 0.309 e. The van der Waals surface area contributed by atoms with Gasteiger partial charge in [-0.25, -0.2) is 4.98 Å². The third-order valence-electron chi connectivity index (χ3n) is 2.90. The van der Waals surface area contributed by atoms with Gasteiger partial charge >= 0.3 is 5.97 Å². The lowest BCUT2D eigenvalue weighted by atomic mass is 9.98. The summed E-state index contributed by atoms with van der Waals surface area (Å²) in [6, 6.07) is 3.73. The maximum absolute atomic E-state index is 11.0. The van der Waals surface area contributed by atoms with Gasteiger partial charge in [-0.15, -0.1) is 0 Å². The van der Waals surface area contributed by atoms with Crippen molar-refractivity contribution < 1.29 is 9.90 Å². The van der Waals surface area contributed by atoms with Crippen LogP contribution in [0.1, 0.15) is 24.1 Å². The quantitative estimate of drug-likeness (QED) is 0.804. The highest BCUT2D eigenvalue weighted by atomic mass is 35.5. The van der Waals surface area contributed by atoms with E-state index in [1.807, 2.05) is 19.1 Å². The summed E-state index contributed by atoms with van der Waals surface area (Å²) in [5.74, 6) is -0.723. The Labute approximate surface area is 93.1 Å². The molecule has 1 aliphatic rings. The summed E-state index contributed by atoms with van der Waals surface area (Å²) in [6.45, 7) is 1.86. The Hall–Kier alpha value is -1.09. The number of aliphatic carboxylic acids is 1. The van der Waals surface area contributed by atoms with E-state index in [1.54, 1.807) is 0 Å². The highest BCUT2D eigenvalue weighted by molar-refractivity contribution is 6.30. The second-order valence-electron chi connectivity index (χ2n) is 4.16. The lowest BCUT2D eigenvalue weighted by molar-refractivity contribution is -0.143. The molecule has 1 saturated carbocycles. The molecule has 15 heavy (non-hydrogen) atoms. The summed E-state index contributed by atoms with van der Waals surface area (Å²) < 4.78 is 0. The van der Waals surface area contributed by atoms with Crippen LogP contribution in [0.5, 0.6) is 0 Å². The van der Waals surface area contributed by atoms with Gasteiger partial charge in [0, 0.05) is 5.69 Å². The third-order valence-corrected chi connectivity index (χ3v) is 3.23. The minimum atomic E-state index is -0.723. The molecule has 0 atom stereocenters. The lowest BCUT2D eigenvalue weighted by Gasteiger charge is -2.10. The number of carboxylic acids is 1. The van der Waals surface area contributed by atoms with Crippen molar-refractivity contribution in [1.29, 1.82) is 0 Å². The predicted octanol–water partition coefficient (Wildman–Crippen LogP) is 2.45. The molecule has 1 heterocycles. The zero-order valence-corrected chi connectivity index (χ0v) is 9.21. The largest absolute Gasteiger partial charge is 0.481 e. The molecule has 2 rings (SSSR count). The van der Waals surface area contributed by atoms with E-state index in [2.05, 4.69) is 4.98 Å². The van der Waals surface area contributed by atoms with Crippen LogP contribution in [-0.4, -0.2) is 16.1 Å². The Morgan fingerprint density at radius 2 is 2.27 bits per heavy atom. The van der Waals surface area contributed by atoms with Gasteiger partial charge in [-0.1, -0.05) is 17.7 Å². The van der Waals surface area contributed by atoms with Gasteiger partial charge in [-0.3, -0.25) is 4.79 Å². The molecule has 3 nitrogen and oxygen atoms in total. The average Bonchev–Trinajstić information content (AvgIpc) is 2.91. The van der Waals surface area contributed by atoms with Crippen molar-refractivity contribution in [3.63, 3.8) is 0 Å². The molecule has 0 spiro atoms. The molecule has 1 aromatic rings. The Bertz CT molecular complexity index is 413. The van der Waals surface area contributed by atoms with Crippen molar-refractivity contribution in [1.82, 2.24) is 4.98 Å². The van der Waals surface area contributed by atoms with Gasteiger partial charge in [0.25, 0.3) is 0 Å². The molecule has 0 aliphatic heterocycles. The number of halogens is 1. The van der Waals surface area contributed by atoms with Gasteiger partial charge in [0.05, 0.1) is 5.41 Å². The van der Waals surface area contributed by atoms with Crippen molar-refractivity contribution in [3.8, 4) is 0 Å². The first kappa shape index (κ1) is 10.4. The highest BCUT2D eigenvalue weighted by Gasteiger charge is 2.50. The van der Waals surface area contributed by atoms with Crippen LogP contribution in [0.15, 0.2) is 12.1 Å². The second kappa shape index (κ2) is 3.49. The molecule has 0 bridgehead atoms. The lowest BCUT2D eigenvalue weighted by Crippen LogP contribution is -2.17. The molecular formula is C11H12ClNO2. The molecule has 1 fully saturated rings. The van der Waals surface area contributed by atoms with Crippen LogP contribution in [0.25, 0.3) is 0 Å². The number of hydrogen-bond acceptors (Lipinski definition) is 2. The average molecular weight is 226 g/mol. The molecule has 1 N–H and O–H groups in total. The second-order valence-corrected chi connectivity index (χ2v) is 4.52. The number of carboxylic acid groups (broad SMARTS) is 1. The topological polar surface area (TPSA) is 50.2 Å². The SMILES string of the molecule is Cc1ccc(CC2(C(=O)O)CC2)c(Cl)n1. The Morgan fingerprint density at radius 3 is 2.73 bits per heavy atom. The maximum Gasteiger partial charge on any atom is 0.309 e. The molecule has 1 aliphatic carbocycles. The summed E-state index contributed by atoms with van der Waals surface area (Å²) in [7, 11) is 0. The fourth-order valence-corrected chi connectivity index (χ4v) is 1.93. The van der Waals surface area contributed by atoms with E-state index in [4.69, 9.17) is 16.7 Å². The van der Waals surface area contributed by atoms with E-state index in [-0.39, 0.29) is 0 Å². The molecule has 0 amide bonds. The van der Waals surface area contributed by atoms with Crippen molar-refractivity contribution in [2.45, 2.75) is 26.2 Å². The van der Waals surface area contributed by atoms with E-state index in [0.29, 0.717) is 11.6 Å².